The normalized spacial score (nSPS) is 13.2. The zero-order valence-electron chi connectivity index (χ0n) is 9.76. The number of likely N-dealkylation sites (N-methyl/N-ethyl adjacent to an activating group) is 1. The molecule has 0 bridgehead atoms. The summed E-state index contributed by atoms with van der Waals surface area (Å²) >= 11 is 5.83. The fourth-order valence-corrected chi connectivity index (χ4v) is 4.12. The van der Waals surface area contributed by atoms with E-state index in [1.54, 1.807) is 22.7 Å². The molecule has 1 unspecified atom stereocenters. The minimum Gasteiger partial charge on any atom is -0.313 e. The zero-order chi connectivity index (χ0) is 12.5. The van der Waals surface area contributed by atoms with Crippen molar-refractivity contribution in [1.29, 1.82) is 0 Å². The van der Waals surface area contributed by atoms with E-state index in [4.69, 9.17) is 0 Å². The third-order valence-electron chi connectivity index (χ3n) is 2.89. The van der Waals surface area contributed by atoms with Gasteiger partial charge in [0.1, 0.15) is 0 Å². The van der Waals surface area contributed by atoms with Crippen molar-refractivity contribution < 1.29 is 0 Å². The van der Waals surface area contributed by atoms with E-state index in [0.29, 0.717) is 6.04 Å². The minimum absolute atomic E-state index is 0.342. The Morgan fingerprint density at radius 3 is 3.06 bits per heavy atom. The fourth-order valence-electron chi connectivity index (χ4n) is 1.98. The predicted molar refractivity (Wildman–Crippen MR) is 85.6 cm³/mol. The lowest BCUT2D eigenvalue weighted by Gasteiger charge is -2.12. The zero-order valence-corrected chi connectivity index (χ0v) is 13.6. The fraction of sp³-hybridized carbons (Fsp3) is 0.250. The van der Waals surface area contributed by atoms with E-state index in [9.17, 15) is 0 Å². The molecular weight excluding hydrogens is 377 g/mol. The number of rotatable bonds is 4. The molecule has 3 heterocycles. The number of hydrogen-bond acceptors (Lipinski definition) is 4. The number of aromatic nitrogens is 2. The number of nitrogens with one attached hydrogen (secondary N) is 1. The second-order valence-electron chi connectivity index (χ2n) is 4.05. The summed E-state index contributed by atoms with van der Waals surface area (Å²) in [7, 11) is 2.01. The SMILES string of the molecule is CNC(Cc1cn2ccsc2n1)c1csc(I)c1. The smallest absolute Gasteiger partial charge is 0.193 e. The molecule has 18 heavy (non-hydrogen) atoms. The van der Waals surface area contributed by atoms with Gasteiger partial charge in [0.05, 0.1) is 8.58 Å². The molecule has 3 rings (SSSR count). The largest absolute Gasteiger partial charge is 0.313 e. The number of thiophene rings is 1. The Hall–Kier alpha value is -0.440. The van der Waals surface area contributed by atoms with Gasteiger partial charge in [0, 0.05) is 30.2 Å². The summed E-state index contributed by atoms with van der Waals surface area (Å²) in [6.07, 6.45) is 5.10. The van der Waals surface area contributed by atoms with Crippen LogP contribution in [-0.4, -0.2) is 16.4 Å². The van der Waals surface area contributed by atoms with Gasteiger partial charge in [-0.3, -0.25) is 4.40 Å². The number of hydrogen-bond donors (Lipinski definition) is 1. The third kappa shape index (κ3) is 2.47. The van der Waals surface area contributed by atoms with Gasteiger partial charge >= 0.3 is 0 Å². The van der Waals surface area contributed by atoms with Gasteiger partial charge in [0.2, 0.25) is 0 Å². The van der Waals surface area contributed by atoms with Crippen LogP contribution < -0.4 is 5.32 Å². The lowest BCUT2D eigenvalue weighted by atomic mass is 10.1. The Morgan fingerprint density at radius 2 is 2.39 bits per heavy atom. The lowest BCUT2D eigenvalue weighted by molar-refractivity contribution is 0.587. The molecule has 1 N–H and O–H groups in total. The number of fused-ring (bicyclic) bond motifs is 1. The van der Waals surface area contributed by atoms with Crippen LogP contribution in [-0.2, 0) is 6.42 Å². The van der Waals surface area contributed by atoms with Crippen LogP contribution in [0, 0.1) is 2.88 Å². The van der Waals surface area contributed by atoms with E-state index >= 15 is 0 Å². The quantitative estimate of drug-likeness (QED) is 0.692. The van der Waals surface area contributed by atoms with Crippen molar-refractivity contribution in [2.45, 2.75) is 12.5 Å². The topological polar surface area (TPSA) is 29.3 Å². The van der Waals surface area contributed by atoms with Crippen LogP contribution in [0.4, 0.5) is 0 Å². The van der Waals surface area contributed by atoms with Crippen LogP contribution in [0.1, 0.15) is 17.3 Å². The average molecular weight is 389 g/mol. The van der Waals surface area contributed by atoms with Crippen LogP contribution in [0.15, 0.2) is 29.2 Å². The molecule has 0 radical (unpaired) electrons. The Kier molecular flexibility index (Phi) is 3.69. The monoisotopic (exact) mass is 389 g/mol. The number of thiazole rings is 1. The van der Waals surface area contributed by atoms with Gasteiger partial charge in [-0.15, -0.1) is 22.7 Å². The number of nitrogens with zero attached hydrogens (tertiary/aromatic N) is 2. The van der Waals surface area contributed by atoms with E-state index in [1.165, 1.54) is 8.45 Å². The molecule has 0 saturated carbocycles. The number of halogens is 1. The van der Waals surface area contributed by atoms with Crippen molar-refractivity contribution in [1.82, 2.24) is 14.7 Å². The highest BCUT2D eigenvalue weighted by atomic mass is 127. The molecule has 6 heteroatoms. The van der Waals surface area contributed by atoms with Gasteiger partial charge in [-0.25, -0.2) is 4.98 Å². The lowest BCUT2D eigenvalue weighted by Crippen LogP contribution is -2.18. The molecule has 0 spiro atoms. The maximum absolute atomic E-state index is 4.64. The summed E-state index contributed by atoms with van der Waals surface area (Å²) in [4.78, 5) is 5.71. The molecule has 3 aromatic heterocycles. The van der Waals surface area contributed by atoms with E-state index in [2.05, 4.69) is 66.5 Å². The Labute approximate surface area is 127 Å². The van der Waals surface area contributed by atoms with Crippen LogP contribution >= 0.6 is 45.3 Å². The highest BCUT2D eigenvalue weighted by Gasteiger charge is 2.14. The van der Waals surface area contributed by atoms with Crippen molar-refractivity contribution >= 4 is 50.2 Å². The number of imidazole rings is 1. The molecule has 0 aliphatic carbocycles. The summed E-state index contributed by atoms with van der Waals surface area (Å²) in [5.41, 5.74) is 2.49. The molecule has 0 amide bonds. The van der Waals surface area contributed by atoms with Crippen LogP contribution in [0.3, 0.4) is 0 Å². The van der Waals surface area contributed by atoms with Gasteiger partial charge in [0.15, 0.2) is 4.96 Å². The molecular formula is C12H12IN3S2. The van der Waals surface area contributed by atoms with Crippen molar-refractivity contribution in [3.05, 3.63) is 43.4 Å². The predicted octanol–water partition coefficient (Wildman–Crippen LogP) is 3.57. The van der Waals surface area contributed by atoms with E-state index in [-0.39, 0.29) is 0 Å². The second-order valence-corrected chi connectivity index (χ2v) is 7.73. The Bertz CT molecular complexity index is 626. The summed E-state index contributed by atoms with van der Waals surface area (Å²) in [5.74, 6) is 0. The molecule has 0 aromatic carbocycles. The van der Waals surface area contributed by atoms with Crippen molar-refractivity contribution in [3.8, 4) is 0 Å². The maximum Gasteiger partial charge on any atom is 0.193 e. The van der Waals surface area contributed by atoms with Crippen molar-refractivity contribution in [3.63, 3.8) is 0 Å². The average Bonchev–Trinajstić information content (AvgIpc) is 3.00. The summed E-state index contributed by atoms with van der Waals surface area (Å²) in [5, 5.41) is 7.66. The highest BCUT2D eigenvalue weighted by molar-refractivity contribution is 14.1. The van der Waals surface area contributed by atoms with Crippen molar-refractivity contribution in [2.75, 3.05) is 7.05 Å². The van der Waals surface area contributed by atoms with E-state index in [0.717, 1.165) is 17.1 Å². The first kappa shape index (κ1) is 12.6. The summed E-state index contributed by atoms with van der Waals surface area (Å²) in [6, 6.07) is 2.58. The first-order chi connectivity index (χ1) is 8.76. The van der Waals surface area contributed by atoms with E-state index < -0.39 is 0 Å². The molecule has 3 aromatic rings. The molecule has 3 nitrogen and oxygen atoms in total. The third-order valence-corrected chi connectivity index (χ3v) is 5.47. The Balaban J connectivity index is 1.83. The van der Waals surface area contributed by atoms with Gasteiger partial charge in [-0.05, 0) is 46.6 Å². The van der Waals surface area contributed by atoms with Gasteiger partial charge in [-0.1, -0.05) is 0 Å². The standard InChI is InChI=1S/C12H12IN3S2/c1-14-10(8-4-11(13)18-7-8)5-9-6-16-2-3-17-12(16)15-9/h2-4,6-7,10,14H,5H2,1H3. The van der Waals surface area contributed by atoms with Crippen LogP contribution in [0.2, 0.25) is 0 Å². The van der Waals surface area contributed by atoms with Crippen molar-refractivity contribution in [2.24, 2.45) is 0 Å². The van der Waals surface area contributed by atoms with Gasteiger partial charge < -0.3 is 5.32 Å². The summed E-state index contributed by atoms with van der Waals surface area (Å²) in [6.45, 7) is 0. The maximum atomic E-state index is 4.64. The molecule has 94 valence electrons. The van der Waals surface area contributed by atoms with E-state index in [1.807, 2.05) is 7.05 Å². The molecule has 0 saturated heterocycles. The molecule has 1 atom stereocenters. The molecule has 0 aliphatic heterocycles. The molecule has 0 aliphatic rings. The first-order valence-corrected chi connectivity index (χ1v) is 8.42. The van der Waals surface area contributed by atoms with Gasteiger partial charge in [0.25, 0.3) is 0 Å². The first-order valence-electron chi connectivity index (χ1n) is 5.58. The molecule has 0 fully saturated rings. The minimum atomic E-state index is 0.342. The van der Waals surface area contributed by atoms with Crippen LogP contribution in [0.5, 0.6) is 0 Å². The summed E-state index contributed by atoms with van der Waals surface area (Å²) < 4.78 is 3.41. The van der Waals surface area contributed by atoms with Gasteiger partial charge in [-0.2, -0.15) is 0 Å². The van der Waals surface area contributed by atoms with Crippen LogP contribution in [0.25, 0.3) is 4.96 Å². The second kappa shape index (κ2) is 5.28. The Morgan fingerprint density at radius 1 is 1.50 bits per heavy atom. The highest BCUT2D eigenvalue weighted by Crippen LogP contribution is 2.25.